The third-order valence-electron chi connectivity index (χ3n) is 4.04. The second-order valence-electron chi connectivity index (χ2n) is 5.35. The Balaban J connectivity index is 2.04. The van der Waals surface area contributed by atoms with E-state index in [0.717, 1.165) is 35.2 Å². The van der Waals surface area contributed by atoms with Crippen molar-refractivity contribution in [3.05, 3.63) is 30.5 Å². The smallest absolute Gasteiger partial charge is 0.0955 e. The summed E-state index contributed by atoms with van der Waals surface area (Å²) in [6.07, 6.45) is 2.51. The average Bonchev–Trinajstić information content (AvgIpc) is 2.43. The molecule has 1 aromatic heterocycles. The van der Waals surface area contributed by atoms with Crippen molar-refractivity contribution in [2.75, 3.05) is 23.7 Å². The number of piperidine rings is 1. The van der Waals surface area contributed by atoms with Crippen LogP contribution in [0.4, 0.5) is 11.4 Å². The van der Waals surface area contributed by atoms with E-state index in [1.54, 1.807) is 6.20 Å². The molecule has 0 aliphatic carbocycles. The van der Waals surface area contributed by atoms with Gasteiger partial charge in [0, 0.05) is 30.4 Å². The maximum Gasteiger partial charge on any atom is 0.0955 e. The number of aliphatic hydroxyl groups excluding tert-OH is 1. The van der Waals surface area contributed by atoms with E-state index in [2.05, 4.69) is 16.8 Å². The number of pyridine rings is 1. The number of nitrogen functional groups attached to an aromatic ring is 1. The predicted molar refractivity (Wildman–Crippen MR) is 78.2 cm³/mol. The Morgan fingerprint density at radius 1 is 1.37 bits per heavy atom. The predicted octanol–water partition coefficient (Wildman–Crippen LogP) is 2.02. The van der Waals surface area contributed by atoms with Crippen LogP contribution in [-0.2, 0) is 0 Å². The van der Waals surface area contributed by atoms with E-state index in [-0.39, 0.29) is 6.10 Å². The number of nitrogens with zero attached hydrogens (tertiary/aromatic N) is 2. The number of rotatable bonds is 1. The van der Waals surface area contributed by atoms with Gasteiger partial charge in [-0.15, -0.1) is 0 Å². The van der Waals surface area contributed by atoms with Crippen molar-refractivity contribution in [1.29, 1.82) is 0 Å². The first-order valence-electron chi connectivity index (χ1n) is 6.73. The highest BCUT2D eigenvalue weighted by Crippen LogP contribution is 2.31. The Kier molecular flexibility index (Phi) is 3.03. The summed E-state index contributed by atoms with van der Waals surface area (Å²) in [6, 6.07) is 7.82. The highest BCUT2D eigenvalue weighted by molar-refractivity contribution is 5.98. The lowest BCUT2D eigenvalue weighted by molar-refractivity contribution is 0.103. The maximum absolute atomic E-state index is 10.0. The SMILES string of the molecule is CC1CCN(c2ccc(N)c3cccnc23)CC1O. The molecule has 1 fully saturated rings. The van der Waals surface area contributed by atoms with Crippen LogP contribution in [0.2, 0.25) is 0 Å². The molecule has 2 unspecified atom stereocenters. The van der Waals surface area contributed by atoms with Gasteiger partial charge in [-0.05, 0) is 36.6 Å². The van der Waals surface area contributed by atoms with Crippen LogP contribution in [0.25, 0.3) is 10.9 Å². The van der Waals surface area contributed by atoms with Crippen LogP contribution in [0.1, 0.15) is 13.3 Å². The second kappa shape index (κ2) is 4.70. The molecule has 2 aromatic rings. The number of nitrogens with two attached hydrogens (primary N) is 1. The van der Waals surface area contributed by atoms with Crippen LogP contribution in [-0.4, -0.2) is 29.3 Å². The van der Waals surface area contributed by atoms with Gasteiger partial charge in [0.1, 0.15) is 0 Å². The molecule has 1 aliphatic rings. The van der Waals surface area contributed by atoms with Crippen molar-refractivity contribution in [1.82, 2.24) is 4.98 Å². The number of benzene rings is 1. The van der Waals surface area contributed by atoms with Gasteiger partial charge in [-0.1, -0.05) is 6.92 Å². The number of anilines is 2. The molecule has 1 aliphatic heterocycles. The fraction of sp³-hybridized carbons (Fsp3) is 0.400. The van der Waals surface area contributed by atoms with Crippen molar-refractivity contribution in [2.45, 2.75) is 19.4 Å². The van der Waals surface area contributed by atoms with E-state index in [1.807, 2.05) is 24.3 Å². The Morgan fingerprint density at radius 3 is 3.00 bits per heavy atom. The quantitative estimate of drug-likeness (QED) is 0.767. The van der Waals surface area contributed by atoms with Gasteiger partial charge in [-0.2, -0.15) is 0 Å². The van der Waals surface area contributed by atoms with Gasteiger partial charge in [-0.3, -0.25) is 4.98 Å². The molecule has 0 spiro atoms. The summed E-state index contributed by atoms with van der Waals surface area (Å²) in [5.41, 5.74) is 8.73. The third kappa shape index (κ3) is 2.12. The Labute approximate surface area is 112 Å². The number of hydrogen-bond donors (Lipinski definition) is 2. The van der Waals surface area contributed by atoms with Gasteiger partial charge in [0.2, 0.25) is 0 Å². The summed E-state index contributed by atoms with van der Waals surface area (Å²) in [6.45, 7) is 3.71. The molecule has 3 rings (SSSR count). The monoisotopic (exact) mass is 257 g/mol. The molecule has 0 saturated carbocycles. The van der Waals surface area contributed by atoms with E-state index >= 15 is 0 Å². The van der Waals surface area contributed by atoms with Gasteiger partial charge < -0.3 is 15.7 Å². The summed E-state index contributed by atoms with van der Waals surface area (Å²) in [5, 5.41) is 11.0. The molecule has 3 N–H and O–H groups in total. The molecule has 4 heteroatoms. The van der Waals surface area contributed by atoms with Gasteiger partial charge >= 0.3 is 0 Å². The van der Waals surface area contributed by atoms with E-state index in [0.29, 0.717) is 12.5 Å². The van der Waals surface area contributed by atoms with Gasteiger partial charge in [0.05, 0.1) is 17.3 Å². The molecule has 19 heavy (non-hydrogen) atoms. The van der Waals surface area contributed by atoms with Crippen molar-refractivity contribution in [3.63, 3.8) is 0 Å². The van der Waals surface area contributed by atoms with Crippen molar-refractivity contribution in [2.24, 2.45) is 5.92 Å². The summed E-state index contributed by atoms with van der Waals surface area (Å²) < 4.78 is 0. The molecular weight excluding hydrogens is 238 g/mol. The number of hydrogen-bond acceptors (Lipinski definition) is 4. The number of aromatic nitrogens is 1. The summed E-state index contributed by atoms with van der Waals surface area (Å²) in [5.74, 6) is 0.365. The highest BCUT2D eigenvalue weighted by atomic mass is 16.3. The molecule has 0 bridgehead atoms. The Morgan fingerprint density at radius 2 is 2.21 bits per heavy atom. The fourth-order valence-electron chi connectivity index (χ4n) is 2.70. The molecule has 1 aromatic carbocycles. The second-order valence-corrected chi connectivity index (χ2v) is 5.35. The van der Waals surface area contributed by atoms with Crippen LogP contribution in [0, 0.1) is 5.92 Å². The zero-order valence-electron chi connectivity index (χ0n) is 11.1. The van der Waals surface area contributed by atoms with E-state index in [1.165, 1.54) is 0 Å². The number of β-amino-alcohol motifs (C(OH)–C–C–N with tert-alkyl or cyclic N) is 1. The zero-order chi connectivity index (χ0) is 13.4. The Bertz CT molecular complexity index is 599. The molecule has 100 valence electrons. The minimum Gasteiger partial charge on any atom is -0.398 e. The van der Waals surface area contributed by atoms with E-state index in [4.69, 9.17) is 5.73 Å². The zero-order valence-corrected chi connectivity index (χ0v) is 11.1. The molecular formula is C15H19N3O. The molecule has 4 nitrogen and oxygen atoms in total. The highest BCUT2D eigenvalue weighted by Gasteiger charge is 2.25. The fourth-order valence-corrected chi connectivity index (χ4v) is 2.70. The maximum atomic E-state index is 10.0. The lowest BCUT2D eigenvalue weighted by Gasteiger charge is -2.36. The lowest BCUT2D eigenvalue weighted by Crippen LogP contribution is -2.43. The first-order valence-corrected chi connectivity index (χ1v) is 6.73. The van der Waals surface area contributed by atoms with Crippen LogP contribution >= 0.6 is 0 Å². The summed E-state index contributed by atoms with van der Waals surface area (Å²) >= 11 is 0. The standard InChI is InChI=1S/C15H19N3O/c1-10-6-8-18(9-14(10)19)13-5-4-12(16)11-3-2-7-17-15(11)13/h2-5,7,10,14,19H,6,8-9,16H2,1H3. The van der Waals surface area contributed by atoms with Crippen molar-refractivity contribution >= 4 is 22.3 Å². The molecule has 0 amide bonds. The lowest BCUT2D eigenvalue weighted by atomic mass is 9.95. The van der Waals surface area contributed by atoms with E-state index in [9.17, 15) is 5.11 Å². The molecule has 2 heterocycles. The normalized spacial score (nSPS) is 23.8. The Hall–Kier alpha value is -1.81. The van der Waals surface area contributed by atoms with Crippen molar-refractivity contribution in [3.8, 4) is 0 Å². The molecule has 1 saturated heterocycles. The minimum atomic E-state index is -0.273. The van der Waals surface area contributed by atoms with Crippen LogP contribution in [0.15, 0.2) is 30.5 Å². The molecule has 2 atom stereocenters. The largest absolute Gasteiger partial charge is 0.398 e. The summed E-state index contributed by atoms with van der Waals surface area (Å²) in [7, 11) is 0. The third-order valence-corrected chi connectivity index (χ3v) is 4.04. The van der Waals surface area contributed by atoms with E-state index < -0.39 is 0 Å². The summed E-state index contributed by atoms with van der Waals surface area (Å²) in [4.78, 5) is 6.67. The number of fused-ring (bicyclic) bond motifs is 1. The first-order chi connectivity index (χ1) is 9.16. The van der Waals surface area contributed by atoms with Gasteiger partial charge in [-0.25, -0.2) is 0 Å². The van der Waals surface area contributed by atoms with Crippen LogP contribution < -0.4 is 10.6 Å². The van der Waals surface area contributed by atoms with Crippen molar-refractivity contribution < 1.29 is 5.11 Å². The van der Waals surface area contributed by atoms with Gasteiger partial charge in [0.15, 0.2) is 0 Å². The molecule has 0 radical (unpaired) electrons. The topological polar surface area (TPSA) is 62.4 Å². The van der Waals surface area contributed by atoms with Crippen LogP contribution in [0.5, 0.6) is 0 Å². The first kappa shape index (κ1) is 12.2. The minimum absolute atomic E-state index is 0.273. The van der Waals surface area contributed by atoms with Crippen LogP contribution in [0.3, 0.4) is 0 Å². The van der Waals surface area contributed by atoms with Gasteiger partial charge in [0.25, 0.3) is 0 Å². The number of aliphatic hydroxyl groups is 1. The average molecular weight is 257 g/mol.